The number of benzene rings is 1. The maximum absolute atomic E-state index is 13.0. The quantitative estimate of drug-likeness (QED) is 0.877. The summed E-state index contributed by atoms with van der Waals surface area (Å²) in [5, 5.41) is 7.56. The van der Waals surface area contributed by atoms with Crippen LogP contribution in [-0.2, 0) is 19.4 Å². The number of hydrogen-bond acceptors (Lipinski definition) is 3. The molecule has 1 unspecified atom stereocenters. The monoisotopic (exact) mass is 372 g/mol. The maximum Gasteiger partial charge on any atom is 0.274 e. The highest BCUT2D eigenvalue weighted by Crippen LogP contribution is 2.26. The van der Waals surface area contributed by atoms with E-state index in [0.29, 0.717) is 17.7 Å². The van der Waals surface area contributed by atoms with E-state index < -0.39 is 0 Å². The third-order valence-corrected chi connectivity index (χ3v) is 4.83. The van der Waals surface area contributed by atoms with Crippen molar-refractivity contribution in [3.05, 3.63) is 52.6 Å². The van der Waals surface area contributed by atoms with Crippen LogP contribution in [0.3, 0.4) is 0 Å². The van der Waals surface area contributed by atoms with Crippen molar-refractivity contribution in [3.63, 3.8) is 0 Å². The zero-order valence-corrected chi connectivity index (χ0v) is 16.0. The SMILES string of the molecule is CCCn1nc(C(=O)N(C)C)c2c1CCC(NC(=O)c1ccc(F)cc1)C2. The van der Waals surface area contributed by atoms with Crippen LogP contribution in [0.5, 0.6) is 0 Å². The Morgan fingerprint density at radius 1 is 1.30 bits per heavy atom. The van der Waals surface area contributed by atoms with Crippen LogP contribution in [0.4, 0.5) is 4.39 Å². The molecule has 3 rings (SSSR count). The first-order chi connectivity index (χ1) is 12.9. The summed E-state index contributed by atoms with van der Waals surface area (Å²) in [6, 6.07) is 5.41. The van der Waals surface area contributed by atoms with Crippen LogP contribution in [0.25, 0.3) is 0 Å². The van der Waals surface area contributed by atoms with Gasteiger partial charge in [0.1, 0.15) is 5.82 Å². The minimum absolute atomic E-state index is 0.0805. The van der Waals surface area contributed by atoms with E-state index in [0.717, 1.165) is 37.1 Å². The molecular weight excluding hydrogens is 347 g/mol. The van der Waals surface area contributed by atoms with Gasteiger partial charge < -0.3 is 10.2 Å². The zero-order chi connectivity index (χ0) is 19.6. The molecule has 1 heterocycles. The smallest absolute Gasteiger partial charge is 0.274 e. The van der Waals surface area contributed by atoms with E-state index in [2.05, 4.69) is 17.3 Å². The van der Waals surface area contributed by atoms with E-state index in [1.54, 1.807) is 14.1 Å². The molecule has 0 bridgehead atoms. The molecule has 0 fully saturated rings. The van der Waals surface area contributed by atoms with Gasteiger partial charge in [-0.2, -0.15) is 5.10 Å². The molecule has 1 aliphatic carbocycles. The third kappa shape index (κ3) is 4.02. The fraction of sp³-hybridized carbons (Fsp3) is 0.450. The number of nitrogens with zero attached hydrogens (tertiary/aromatic N) is 3. The van der Waals surface area contributed by atoms with Crippen molar-refractivity contribution in [2.45, 2.75) is 45.2 Å². The average Bonchev–Trinajstić information content (AvgIpc) is 2.99. The lowest BCUT2D eigenvalue weighted by Gasteiger charge is -2.25. The zero-order valence-electron chi connectivity index (χ0n) is 16.0. The lowest BCUT2D eigenvalue weighted by molar-refractivity contribution is 0.0819. The largest absolute Gasteiger partial charge is 0.349 e. The summed E-state index contributed by atoms with van der Waals surface area (Å²) in [5.41, 5.74) is 2.92. The second-order valence-corrected chi connectivity index (χ2v) is 7.12. The van der Waals surface area contributed by atoms with Gasteiger partial charge in [0, 0.05) is 43.5 Å². The van der Waals surface area contributed by atoms with Crippen LogP contribution in [0.2, 0.25) is 0 Å². The van der Waals surface area contributed by atoms with E-state index in [4.69, 9.17) is 0 Å². The Balaban J connectivity index is 1.81. The van der Waals surface area contributed by atoms with Crippen LogP contribution in [0.15, 0.2) is 24.3 Å². The molecule has 0 radical (unpaired) electrons. The summed E-state index contributed by atoms with van der Waals surface area (Å²) in [6.45, 7) is 2.85. The second-order valence-electron chi connectivity index (χ2n) is 7.12. The molecule has 27 heavy (non-hydrogen) atoms. The molecule has 0 spiro atoms. The highest BCUT2D eigenvalue weighted by atomic mass is 19.1. The fourth-order valence-corrected chi connectivity index (χ4v) is 3.46. The standard InChI is InChI=1S/C20H25FN4O2/c1-4-11-25-17-10-9-15(12-16(17)18(23-25)20(27)24(2)3)22-19(26)13-5-7-14(21)8-6-13/h5-8,15H,4,9-12H2,1-3H3,(H,22,26). The van der Waals surface area contributed by atoms with Gasteiger partial charge in [-0.25, -0.2) is 4.39 Å². The number of halogens is 1. The van der Waals surface area contributed by atoms with Gasteiger partial charge in [0.15, 0.2) is 5.69 Å². The number of amides is 2. The van der Waals surface area contributed by atoms with E-state index in [1.165, 1.54) is 29.2 Å². The van der Waals surface area contributed by atoms with Crippen LogP contribution >= 0.6 is 0 Å². The number of hydrogen-bond donors (Lipinski definition) is 1. The van der Waals surface area contributed by atoms with Crippen molar-refractivity contribution in [1.29, 1.82) is 0 Å². The summed E-state index contributed by atoms with van der Waals surface area (Å²) in [6.07, 6.45) is 3.05. The molecule has 7 heteroatoms. The summed E-state index contributed by atoms with van der Waals surface area (Å²) in [5.74, 6) is -0.722. The summed E-state index contributed by atoms with van der Waals surface area (Å²) in [4.78, 5) is 26.5. The fourth-order valence-electron chi connectivity index (χ4n) is 3.46. The normalized spacial score (nSPS) is 15.9. The Bertz CT molecular complexity index is 842. The first-order valence-electron chi connectivity index (χ1n) is 9.27. The molecule has 1 atom stereocenters. The molecule has 0 saturated carbocycles. The van der Waals surface area contributed by atoms with Crippen molar-refractivity contribution in [2.75, 3.05) is 14.1 Å². The Morgan fingerprint density at radius 3 is 2.63 bits per heavy atom. The van der Waals surface area contributed by atoms with Crippen LogP contribution in [0.1, 0.15) is 51.9 Å². The lowest BCUT2D eigenvalue weighted by Crippen LogP contribution is -2.39. The summed E-state index contributed by atoms with van der Waals surface area (Å²) >= 11 is 0. The van der Waals surface area contributed by atoms with Gasteiger partial charge in [0.05, 0.1) is 0 Å². The van der Waals surface area contributed by atoms with Gasteiger partial charge in [0.2, 0.25) is 0 Å². The third-order valence-electron chi connectivity index (χ3n) is 4.83. The molecule has 1 N–H and O–H groups in total. The van der Waals surface area contributed by atoms with Gasteiger partial charge in [-0.15, -0.1) is 0 Å². The first-order valence-corrected chi connectivity index (χ1v) is 9.27. The number of carbonyl (C=O) groups is 2. The average molecular weight is 372 g/mol. The van der Waals surface area contributed by atoms with Gasteiger partial charge in [0.25, 0.3) is 11.8 Å². The number of nitrogens with one attached hydrogen (secondary N) is 1. The molecule has 6 nitrogen and oxygen atoms in total. The first kappa shape index (κ1) is 19.1. The summed E-state index contributed by atoms with van der Waals surface area (Å²) < 4.78 is 15.0. The Kier molecular flexibility index (Phi) is 5.58. The van der Waals surface area contributed by atoms with Crippen LogP contribution in [-0.4, -0.2) is 46.6 Å². The number of aromatic nitrogens is 2. The molecule has 1 aromatic heterocycles. The highest BCUT2D eigenvalue weighted by molar-refractivity contribution is 5.95. The van der Waals surface area contributed by atoms with Crippen molar-refractivity contribution in [2.24, 2.45) is 0 Å². The van der Waals surface area contributed by atoms with Gasteiger partial charge in [-0.3, -0.25) is 14.3 Å². The minimum atomic E-state index is -0.371. The van der Waals surface area contributed by atoms with E-state index in [-0.39, 0.29) is 23.7 Å². The lowest BCUT2D eigenvalue weighted by atomic mass is 9.90. The molecule has 0 aliphatic heterocycles. The van der Waals surface area contributed by atoms with Gasteiger partial charge in [-0.1, -0.05) is 6.92 Å². The molecule has 1 aromatic carbocycles. The number of carbonyl (C=O) groups excluding carboxylic acids is 2. The Morgan fingerprint density at radius 2 is 2.00 bits per heavy atom. The predicted molar refractivity (Wildman–Crippen MR) is 100 cm³/mol. The van der Waals surface area contributed by atoms with Gasteiger partial charge >= 0.3 is 0 Å². The van der Waals surface area contributed by atoms with Crippen molar-refractivity contribution >= 4 is 11.8 Å². The van der Waals surface area contributed by atoms with E-state index in [9.17, 15) is 14.0 Å². The molecule has 144 valence electrons. The Hall–Kier alpha value is -2.70. The van der Waals surface area contributed by atoms with E-state index in [1.807, 2.05) is 4.68 Å². The molecule has 1 aliphatic rings. The second kappa shape index (κ2) is 7.90. The maximum atomic E-state index is 13.0. The van der Waals surface area contributed by atoms with Gasteiger partial charge in [-0.05, 0) is 49.9 Å². The molecular formula is C20H25FN4O2. The number of rotatable bonds is 5. The van der Waals surface area contributed by atoms with Crippen molar-refractivity contribution in [1.82, 2.24) is 20.0 Å². The Labute approximate surface area is 158 Å². The van der Waals surface area contributed by atoms with Crippen LogP contribution < -0.4 is 5.32 Å². The van der Waals surface area contributed by atoms with E-state index >= 15 is 0 Å². The predicted octanol–water partition coefficient (Wildman–Crippen LogP) is 2.42. The molecule has 2 amide bonds. The minimum Gasteiger partial charge on any atom is -0.349 e. The molecule has 2 aromatic rings. The topological polar surface area (TPSA) is 67.2 Å². The number of fused-ring (bicyclic) bond motifs is 1. The number of aryl methyl sites for hydroxylation is 1. The van der Waals surface area contributed by atoms with Crippen molar-refractivity contribution < 1.29 is 14.0 Å². The summed E-state index contributed by atoms with van der Waals surface area (Å²) in [7, 11) is 3.42. The molecule has 0 saturated heterocycles. The van der Waals surface area contributed by atoms with Crippen molar-refractivity contribution in [3.8, 4) is 0 Å². The van der Waals surface area contributed by atoms with Crippen LogP contribution in [0, 0.1) is 5.82 Å². The highest BCUT2D eigenvalue weighted by Gasteiger charge is 2.30.